The van der Waals surface area contributed by atoms with Gasteiger partial charge in [-0.05, 0) is 37.6 Å². The molecule has 0 unspecified atom stereocenters. The van der Waals surface area contributed by atoms with Crippen molar-refractivity contribution in [1.29, 1.82) is 0 Å². The van der Waals surface area contributed by atoms with Gasteiger partial charge in [0.25, 0.3) is 0 Å². The predicted molar refractivity (Wildman–Crippen MR) is 118 cm³/mol. The molecule has 0 bridgehead atoms. The summed E-state index contributed by atoms with van der Waals surface area (Å²) >= 11 is 0. The number of rotatable bonds is 3. The highest BCUT2D eigenvalue weighted by Crippen LogP contribution is 2.28. The Balaban J connectivity index is 1.49. The summed E-state index contributed by atoms with van der Waals surface area (Å²) in [5.74, 6) is 1.92. The fraction of sp³-hybridized carbons (Fsp3) is 0.348. The molecule has 1 aliphatic rings. The van der Waals surface area contributed by atoms with Crippen LogP contribution in [0.2, 0.25) is 0 Å². The van der Waals surface area contributed by atoms with E-state index in [1.807, 2.05) is 12.1 Å². The van der Waals surface area contributed by atoms with Crippen LogP contribution in [0.15, 0.2) is 42.5 Å². The second-order valence-electron chi connectivity index (χ2n) is 7.82. The fourth-order valence-electron chi connectivity index (χ4n) is 4.39. The van der Waals surface area contributed by atoms with Crippen molar-refractivity contribution in [1.82, 2.24) is 19.6 Å². The normalized spacial score (nSPS) is 14.9. The number of hydrogen-bond acceptors (Lipinski definition) is 5. The van der Waals surface area contributed by atoms with E-state index < -0.39 is 0 Å². The summed E-state index contributed by atoms with van der Waals surface area (Å²) in [6.45, 7) is 10.2. The van der Waals surface area contributed by atoms with Gasteiger partial charge in [-0.15, -0.1) is 10.2 Å². The minimum atomic E-state index is 0.842. The van der Waals surface area contributed by atoms with Gasteiger partial charge in [0.2, 0.25) is 5.65 Å². The average Bonchev–Trinajstić information content (AvgIpc) is 3.18. The van der Waals surface area contributed by atoms with Crippen molar-refractivity contribution in [3.8, 4) is 0 Å². The summed E-state index contributed by atoms with van der Waals surface area (Å²) in [4.78, 5) is 9.82. The lowest BCUT2D eigenvalue weighted by Gasteiger charge is -2.37. The van der Waals surface area contributed by atoms with Crippen LogP contribution in [-0.2, 0) is 6.42 Å². The van der Waals surface area contributed by atoms with Crippen molar-refractivity contribution < 1.29 is 0 Å². The number of para-hydroxylation sites is 2. The molecule has 4 aromatic rings. The van der Waals surface area contributed by atoms with Gasteiger partial charge in [-0.1, -0.05) is 36.8 Å². The molecule has 1 fully saturated rings. The Morgan fingerprint density at radius 3 is 2.41 bits per heavy atom. The van der Waals surface area contributed by atoms with E-state index in [9.17, 15) is 0 Å². The third-order valence-electron chi connectivity index (χ3n) is 5.87. The Labute approximate surface area is 170 Å². The molecular weight excluding hydrogens is 360 g/mol. The van der Waals surface area contributed by atoms with Gasteiger partial charge in [0.15, 0.2) is 5.82 Å². The third-order valence-corrected chi connectivity index (χ3v) is 5.87. The molecule has 29 heavy (non-hydrogen) atoms. The quantitative estimate of drug-likeness (QED) is 0.536. The first kappa shape index (κ1) is 17.9. The largest absolute Gasteiger partial charge is 0.368 e. The lowest BCUT2D eigenvalue weighted by Crippen LogP contribution is -2.47. The minimum Gasteiger partial charge on any atom is -0.368 e. The Morgan fingerprint density at radius 1 is 0.897 bits per heavy atom. The predicted octanol–water partition coefficient (Wildman–Crippen LogP) is 3.78. The lowest BCUT2D eigenvalue weighted by molar-refractivity contribution is 0.647. The number of aryl methyl sites for hydroxylation is 3. The molecule has 2 aromatic carbocycles. The standard InChI is InChI=1S/C23H26N6/c1-4-21-25-26-23-22(24-18-7-5-6-8-20(18)29(21)23)28-13-11-27(12-14-28)19-10-9-16(2)15-17(19)3/h5-10,15H,4,11-14H2,1-3H3. The van der Waals surface area contributed by atoms with E-state index in [1.165, 1.54) is 16.8 Å². The zero-order chi connectivity index (χ0) is 20.0. The van der Waals surface area contributed by atoms with E-state index in [4.69, 9.17) is 4.98 Å². The van der Waals surface area contributed by atoms with Crippen LogP contribution in [0, 0.1) is 13.8 Å². The first-order valence-corrected chi connectivity index (χ1v) is 10.4. The number of hydrogen-bond donors (Lipinski definition) is 0. The molecule has 5 rings (SSSR count). The van der Waals surface area contributed by atoms with Crippen LogP contribution in [0.3, 0.4) is 0 Å². The molecule has 6 nitrogen and oxygen atoms in total. The van der Waals surface area contributed by atoms with Crippen LogP contribution in [0.5, 0.6) is 0 Å². The van der Waals surface area contributed by atoms with Gasteiger partial charge in [0.1, 0.15) is 5.82 Å². The van der Waals surface area contributed by atoms with E-state index in [0.29, 0.717) is 0 Å². The molecule has 0 amide bonds. The summed E-state index contributed by atoms with van der Waals surface area (Å²) in [7, 11) is 0. The number of nitrogens with zero attached hydrogens (tertiary/aromatic N) is 6. The Bertz CT molecular complexity index is 1190. The lowest BCUT2D eigenvalue weighted by atomic mass is 10.1. The van der Waals surface area contributed by atoms with Crippen molar-refractivity contribution in [3.63, 3.8) is 0 Å². The number of benzene rings is 2. The fourth-order valence-corrected chi connectivity index (χ4v) is 4.39. The van der Waals surface area contributed by atoms with Gasteiger partial charge in [-0.25, -0.2) is 4.98 Å². The van der Waals surface area contributed by atoms with Crippen molar-refractivity contribution in [3.05, 3.63) is 59.4 Å². The number of piperazine rings is 1. The molecular formula is C23H26N6. The van der Waals surface area contributed by atoms with Gasteiger partial charge in [-0.3, -0.25) is 4.40 Å². The average molecular weight is 387 g/mol. The molecule has 0 aliphatic carbocycles. The van der Waals surface area contributed by atoms with E-state index >= 15 is 0 Å². The highest BCUT2D eigenvalue weighted by atomic mass is 15.3. The van der Waals surface area contributed by atoms with Crippen molar-refractivity contribution in [2.75, 3.05) is 36.0 Å². The second kappa shape index (κ2) is 7.03. The summed E-state index contributed by atoms with van der Waals surface area (Å²) in [5.41, 5.74) is 6.91. The molecule has 0 spiro atoms. The van der Waals surface area contributed by atoms with Crippen molar-refractivity contribution in [2.24, 2.45) is 0 Å². The van der Waals surface area contributed by atoms with Gasteiger partial charge in [0.05, 0.1) is 11.0 Å². The van der Waals surface area contributed by atoms with E-state index in [2.05, 4.69) is 75.5 Å². The zero-order valence-electron chi connectivity index (χ0n) is 17.3. The molecule has 6 heteroatoms. The molecule has 148 valence electrons. The highest BCUT2D eigenvalue weighted by molar-refractivity contribution is 5.83. The Kier molecular flexibility index (Phi) is 4.34. The second-order valence-corrected chi connectivity index (χ2v) is 7.82. The molecule has 0 atom stereocenters. The van der Waals surface area contributed by atoms with Gasteiger partial charge in [0, 0.05) is 38.3 Å². The first-order chi connectivity index (χ1) is 14.2. The molecule has 3 heterocycles. The van der Waals surface area contributed by atoms with Crippen LogP contribution in [-0.4, -0.2) is 45.8 Å². The molecule has 1 aliphatic heterocycles. The summed E-state index contributed by atoms with van der Waals surface area (Å²) < 4.78 is 2.17. The van der Waals surface area contributed by atoms with Crippen molar-refractivity contribution in [2.45, 2.75) is 27.2 Å². The third kappa shape index (κ3) is 2.99. The molecule has 2 aromatic heterocycles. The highest BCUT2D eigenvalue weighted by Gasteiger charge is 2.23. The van der Waals surface area contributed by atoms with Gasteiger partial charge < -0.3 is 9.80 Å². The Hall–Kier alpha value is -3.15. The van der Waals surface area contributed by atoms with Crippen LogP contribution in [0.4, 0.5) is 11.5 Å². The van der Waals surface area contributed by atoms with Crippen LogP contribution < -0.4 is 9.80 Å². The summed E-state index contributed by atoms with van der Waals surface area (Å²) in [6.07, 6.45) is 0.842. The number of fused-ring (bicyclic) bond motifs is 3. The van der Waals surface area contributed by atoms with Gasteiger partial charge in [-0.2, -0.15) is 0 Å². The molecule has 1 saturated heterocycles. The topological polar surface area (TPSA) is 49.6 Å². The SMILES string of the molecule is CCc1nnc2c(N3CCN(c4ccc(C)cc4C)CC3)nc3ccccc3n12. The monoisotopic (exact) mass is 386 g/mol. The Morgan fingerprint density at radius 2 is 1.66 bits per heavy atom. The number of aromatic nitrogens is 4. The maximum absolute atomic E-state index is 4.99. The zero-order valence-corrected chi connectivity index (χ0v) is 17.3. The molecule has 0 N–H and O–H groups in total. The van der Waals surface area contributed by atoms with Crippen LogP contribution in [0.25, 0.3) is 16.7 Å². The van der Waals surface area contributed by atoms with E-state index in [0.717, 1.165) is 60.9 Å². The molecule has 0 saturated carbocycles. The van der Waals surface area contributed by atoms with E-state index in [1.54, 1.807) is 0 Å². The van der Waals surface area contributed by atoms with Crippen LogP contribution in [0.1, 0.15) is 23.9 Å². The summed E-state index contributed by atoms with van der Waals surface area (Å²) in [5, 5.41) is 8.95. The number of anilines is 2. The summed E-state index contributed by atoms with van der Waals surface area (Å²) in [6, 6.07) is 15.0. The van der Waals surface area contributed by atoms with Gasteiger partial charge >= 0.3 is 0 Å². The maximum Gasteiger partial charge on any atom is 0.204 e. The maximum atomic E-state index is 4.99. The van der Waals surface area contributed by atoms with Crippen molar-refractivity contribution >= 4 is 28.2 Å². The minimum absolute atomic E-state index is 0.842. The molecule has 0 radical (unpaired) electrons. The van der Waals surface area contributed by atoms with Crippen LogP contribution >= 0.6 is 0 Å². The first-order valence-electron chi connectivity index (χ1n) is 10.4. The smallest absolute Gasteiger partial charge is 0.204 e. The van der Waals surface area contributed by atoms with E-state index in [-0.39, 0.29) is 0 Å².